The first-order chi connectivity index (χ1) is 5.57. The van der Waals surface area contributed by atoms with E-state index in [4.69, 9.17) is 11.6 Å². The molecule has 2 radical (unpaired) electrons. The molecule has 0 aromatic rings. The van der Waals surface area contributed by atoms with Crippen LogP contribution in [0, 0.1) is 5.92 Å². The Morgan fingerprint density at radius 3 is 2.50 bits per heavy atom. The van der Waals surface area contributed by atoms with Crippen LogP contribution in [-0.2, 0) is 9.59 Å². The van der Waals surface area contributed by atoms with Crippen LogP contribution in [0.3, 0.4) is 0 Å². The maximum absolute atomic E-state index is 11.0. The fourth-order valence-corrected chi connectivity index (χ4v) is 2.70. The number of hydrogen-bond acceptors (Lipinski definition) is 2. The van der Waals surface area contributed by atoms with Gasteiger partial charge in [-0.1, -0.05) is 0 Å². The van der Waals surface area contributed by atoms with Gasteiger partial charge in [0.1, 0.15) is 0 Å². The van der Waals surface area contributed by atoms with Crippen LogP contribution < -0.4 is 5.32 Å². The summed E-state index contributed by atoms with van der Waals surface area (Å²) in [6.07, 6.45) is 0. The van der Waals surface area contributed by atoms with Gasteiger partial charge in [0, 0.05) is 0 Å². The van der Waals surface area contributed by atoms with Crippen molar-refractivity contribution in [3.63, 3.8) is 0 Å². The molecule has 3 nitrogen and oxygen atoms in total. The Balaban J connectivity index is 3.44. The van der Waals surface area contributed by atoms with Crippen LogP contribution in [0.2, 0.25) is 0 Å². The number of carbonyl (C=O) groups excluding carboxylic acids is 2. The first-order valence-electron chi connectivity index (χ1n) is 3.68. The average Bonchev–Trinajstić information content (AvgIpc) is 2.03. The van der Waals surface area contributed by atoms with E-state index in [-0.39, 0.29) is 21.5 Å². The fraction of sp³-hybridized carbons (Fsp3) is 0.714. The Morgan fingerprint density at radius 2 is 2.08 bits per heavy atom. The topological polar surface area (TPSA) is 46.2 Å². The summed E-state index contributed by atoms with van der Waals surface area (Å²) in [4.78, 5) is 21.7. The molecule has 0 aliphatic carbocycles. The standard InChI is InChI=1S/C5H10NO.C2H2ClO.Sn/c1-4(2)5(7)6-3;3-1-2-4;/h4H,3H2,1-2H3,(H,6,7);1H2;. The van der Waals surface area contributed by atoms with E-state index in [1.54, 1.807) is 0 Å². The van der Waals surface area contributed by atoms with Crippen LogP contribution >= 0.6 is 11.6 Å². The summed E-state index contributed by atoms with van der Waals surface area (Å²) in [5.41, 5.74) is 0. The van der Waals surface area contributed by atoms with E-state index >= 15 is 0 Å². The first-order valence-corrected chi connectivity index (χ1v) is 7.66. The van der Waals surface area contributed by atoms with Gasteiger partial charge in [0.05, 0.1) is 0 Å². The van der Waals surface area contributed by atoms with Gasteiger partial charge in [0.25, 0.3) is 0 Å². The zero-order valence-electron chi connectivity index (χ0n) is 7.19. The first kappa shape index (κ1) is 12.2. The molecular weight excluding hydrogens is 284 g/mol. The molecule has 0 heterocycles. The van der Waals surface area contributed by atoms with Crippen LogP contribution in [0.4, 0.5) is 0 Å². The monoisotopic (exact) mass is 297 g/mol. The maximum atomic E-state index is 11.0. The van der Waals surface area contributed by atoms with Gasteiger partial charge in [-0.15, -0.1) is 0 Å². The van der Waals surface area contributed by atoms with Gasteiger partial charge in [-0.05, 0) is 0 Å². The van der Waals surface area contributed by atoms with Gasteiger partial charge in [0.2, 0.25) is 0 Å². The second kappa shape index (κ2) is 6.71. The Kier molecular flexibility index (Phi) is 6.84. The molecule has 0 fully saturated rings. The molecule has 1 N–H and O–H groups in total. The van der Waals surface area contributed by atoms with E-state index in [0.29, 0.717) is 4.56 Å². The van der Waals surface area contributed by atoms with Crippen molar-refractivity contribution in [3.05, 3.63) is 0 Å². The van der Waals surface area contributed by atoms with E-state index < -0.39 is 21.1 Å². The second-order valence-electron chi connectivity index (χ2n) is 2.61. The number of nitrogens with one attached hydrogen (secondary N) is 1. The number of halogens is 1. The molecule has 0 rings (SSSR count). The van der Waals surface area contributed by atoms with Gasteiger partial charge in [-0.25, -0.2) is 0 Å². The molecule has 0 spiro atoms. The average molecular weight is 296 g/mol. The summed E-state index contributed by atoms with van der Waals surface area (Å²) in [6, 6.07) is 0. The molecule has 5 heteroatoms. The van der Waals surface area contributed by atoms with Gasteiger partial charge >= 0.3 is 87.6 Å². The zero-order valence-corrected chi connectivity index (χ0v) is 10.8. The van der Waals surface area contributed by atoms with Crippen molar-refractivity contribution >= 4 is 42.4 Å². The summed E-state index contributed by atoms with van der Waals surface area (Å²) in [5.74, 6) is 0.109. The van der Waals surface area contributed by atoms with Crippen LogP contribution in [-0.4, -0.2) is 41.3 Å². The summed E-state index contributed by atoms with van der Waals surface area (Å²) in [6.45, 7) is 3.65. The molecule has 68 valence electrons. The van der Waals surface area contributed by atoms with Gasteiger partial charge in [-0.2, -0.15) is 0 Å². The van der Waals surface area contributed by atoms with Crippen molar-refractivity contribution in [2.24, 2.45) is 5.92 Å². The van der Waals surface area contributed by atoms with Crippen LogP contribution in [0.25, 0.3) is 0 Å². The van der Waals surface area contributed by atoms with E-state index in [2.05, 4.69) is 5.32 Å². The zero-order chi connectivity index (χ0) is 9.56. The molecule has 0 aliphatic heterocycles. The molecule has 0 atom stereocenters. The quantitative estimate of drug-likeness (QED) is 0.581. The van der Waals surface area contributed by atoms with Crippen molar-refractivity contribution in [1.29, 1.82) is 0 Å². The Morgan fingerprint density at radius 1 is 1.50 bits per heavy atom. The molecule has 0 bridgehead atoms. The molecule has 0 saturated heterocycles. The number of rotatable bonds is 5. The van der Waals surface area contributed by atoms with Crippen LogP contribution in [0.15, 0.2) is 0 Å². The molecule has 0 aromatic carbocycles. The summed E-state index contributed by atoms with van der Waals surface area (Å²) in [5, 5.41) is 2.70. The normalized spacial score (nSPS) is 10.0. The minimum absolute atomic E-state index is 0.00419. The summed E-state index contributed by atoms with van der Waals surface area (Å²) >= 11 is 4.21. The molecule has 1 amide bonds. The van der Waals surface area contributed by atoms with Crippen molar-refractivity contribution in [3.8, 4) is 0 Å². The molecule has 0 saturated carbocycles. The van der Waals surface area contributed by atoms with Gasteiger partial charge in [0.15, 0.2) is 0 Å². The van der Waals surface area contributed by atoms with E-state index in [9.17, 15) is 9.59 Å². The van der Waals surface area contributed by atoms with Crippen molar-refractivity contribution in [2.45, 2.75) is 13.8 Å². The van der Waals surface area contributed by atoms with E-state index in [0.717, 1.165) is 0 Å². The Bertz CT molecular complexity index is 173. The molecular formula is C7H12ClNO2Sn. The fourth-order valence-electron chi connectivity index (χ4n) is 0.481. The van der Waals surface area contributed by atoms with Crippen LogP contribution in [0.5, 0.6) is 0 Å². The number of hydrogen-bond donors (Lipinski definition) is 1. The Hall–Kier alpha value is 0.229. The van der Waals surface area contributed by atoms with Crippen molar-refractivity contribution in [2.75, 3.05) is 10.4 Å². The molecule has 12 heavy (non-hydrogen) atoms. The number of amides is 1. The third-order valence-electron chi connectivity index (χ3n) is 1.19. The van der Waals surface area contributed by atoms with Gasteiger partial charge < -0.3 is 0 Å². The third-order valence-corrected chi connectivity index (χ3v) is 4.72. The summed E-state index contributed by atoms with van der Waals surface area (Å²) < 4.78 is 0.690. The Labute approximate surface area is 87.5 Å². The SMILES string of the molecule is CC(C)C(=O)N[CH2][Sn][C](=O)CCl. The second-order valence-corrected chi connectivity index (χ2v) is 6.48. The number of carbonyl (C=O) groups is 2. The van der Waals surface area contributed by atoms with Crippen LogP contribution in [0.1, 0.15) is 13.8 Å². The van der Waals surface area contributed by atoms with Gasteiger partial charge in [-0.3, -0.25) is 0 Å². The predicted octanol–water partition coefficient (Wildman–Crippen LogP) is 0.186. The number of alkyl halides is 1. The summed E-state index contributed by atoms with van der Waals surface area (Å²) in [7, 11) is 0. The van der Waals surface area contributed by atoms with E-state index in [1.165, 1.54) is 0 Å². The van der Waals surface area contributed by atoms with Crippen molar-refractivity contribution in [1.82, 2.24) is 5.32 Å². The minimum atomic E-state index is -1.10. The van der Waals surface area contributed by atoms with Crippen molar-refractivity contribution < 1.29 is 9.59 Å². The third kappa shape index (κ3) is 5.83. The molecule has 0 unspecified atom stereocenters. The predicted molar refractivity (Wildman–Crippen MR) is 49.3 cm³/mol. The molecule has 0 aromatic heterocycles. The molecule has 0 aliphatic rings. The van der Waals surface area contributed by atoms with E-state index in [1.807, 2.05) is 13.8 Å².